The molecular formula is C18H19N. The van der Waals surface area contributed by atoms with Crippen molar-refractivity contribution in [3.05, 3.63) is 59.2 Å². The fraction of sp³-hybridized carbons (Fsp3) is 0.333. The molecule has 1 unspecified atom stereocenters. The van der Waals surface area contributed by atoms with Crippen LogP contribution in [0.25, 0.3) is 11.1 Å². The van der Waals surface area contributed by atoms with Gasteiger partial charge in [0.1, 0.15) is 0 Å². The zero-order valence-corrected chi connectivity index (χ0v) is 11.4. The Balaban J connectivity index is 2.01. The Morgan fingerprint density at radius 1 is 0.895 bits per heavy atom. The van der Waals surface area contributed by atoms with Crippen molar-refractivity contribution >= 4 is 0 Å². The molecule has 0 bridgehead atoms. The lowest BCUT2D eigenvalue weighted by atomic mass is 9.87. The SMILES string of the molecule is CN1CCc2cccc3c2C1CCc1ccccc1-3. The fourth-order valence-electron chi connectivity index (χ4n) is 3.79. The summed E-state index contributed by atoms with van der Waals surface area (Å²) in [7, 11) is 2.28. The summed E-state index contributed by atoms with van der Waals surface area (Å²) in [5.74, 6) is 0. The van der Waals surface area contributed by atoms with Gasteiger partial charge in [0.25, 0.3) is 0 Å². The second kappa shape index (κ2) is 4.21. The Morgan fingerprint density at radius 3 is 2.63 bits per heavy atom. The van der Waals surface area contributed by atoms with Crippen molar-refractivity contribution in [3.8, 4) is 11.1 Å². The van der Waals surface area contributed by atoms with E-state index in [0.29, 0.717) is 6.04 Å². The van der Waals surface area contributed by atoms with Crippen LogP contribution in [0.5, 0.6) is 0 Å². The van der Waals surface area contributed by atoms with Crippen LogP contribution in [0.2, 0.25) is 0 Å². The van der Waals surface area contributed by atoms with E-state index in [1.165, 1.54) is 42.5 Å². The molecule has 1 heterocycles. The number of rotatable bonds is 0. The molecule has 1 nitrogen and oxygen atoms in total. The summed E-state index contributed by atoms with van der Waals surface area (Å²) >= 11 is 0. The number of hydrogen-bond acceptors (Lipinski definition) is 1. The molecule has 0 spiro atoms. The van der Waals surface area contributed by atoms with Gasteiger partial charge in [0, 0.05) is 12.6 Å². The predicted octanol–water partition coefficient (Wildman–Crippen LogP) is 3.83. The molecule has 1 aliphatic heterocycles. The van der Waals surface area contributed by atoms with Crippen LogP contribution < -0.4 is 0 Å². The second-order valence-electron chi connectivity index (χ2n) is 5.82. The molecule has 2 aromatic carbocycles. The summed E-state index contributed by atoms with van der Waals surface area (Å²) < 4.78 is 0. The molecule has 2 aromatic rings. The molecule has 0 saturated heterocycles. The van der Waals surface area contributed by atoms with E-state index in [0.717, 1.165) is 0 Å². The summed E-state index contributed by atoms with van der Waals surface area (Å²) in [4.78, 5) is 2.54. The van der Waals surface area contributed by atoms with E-state index in [9.17, 15) is 0 Å². The Hall–Kier alpha value is -1.60. The van der Waals surface area contributed by atoms with E-state index in [2.05, 4.69) is 54.4 Å². The fourth-order valence-corrected chi connectivity index (χ4v) is 3.79. The molecule has 0 fully saturated rings. The minimum Gasteiger partial charge on any atom is -0.299 e. The topological polar surface area (TPSA) is 3.24 Å². The Kier molecular flexibility index (Phi) is 2.49. The number of fused-ring (bicyclic) bond motifs is 2. The standard InChI is InChI=1S/C18H19N/c1-19-12-11-14-6-4-8-16-15-7-3-2-5-13(15)9-10-17(19)18(14)16/h2-8,17H,9-12H2,1H3. The van der Waals surface area contributed by atoms with Gasteiger partial charge in [0.15, 0.2) is 0 Å². The minimum absolute atomic E-state index is 0.604. The van der Waals surface area contributed by atoms with E-state index in [4.69, 9.17) is 0 Å². The van der Waals surface area contributed by atoms with Crippen molar-refractivity contribution in [1.29, 1.82) is 0 Å². The van der Waals surface area contributed by atoms with Crippen LogP contribution in [0.4, 0.5) is 0 Å². The van der Waals surface area contributed by atoms with E-state index in [1.807, 2.05) is 0 Å². The third-order valence-electron chi connectivity index (χ3n) is 4.79. The first-order chi connectivity index (χ1) is 9.34. The van der Waals surface area contributed by atoms with Gasteiger partial charge in [-0.3, -0.25) is 4.90 Å². The van der Waals surface area contributed by atoms with E-state index >= 15 is 0 Å². The molecular weight excluding hydrogens is 230 g/mol. The maximum absolute atomic E-state index is 2.54. The van der Waals surface area contributed by atoms with Crippen LogP contribution in [-0.2, 0) is 12.8 Å². The highest BCUT2D eigenvalue weighted by Gasteiger charge is 2.29. The monoisotopic (exact) mass is 249 g/mol. The van der Waals surface area contributed by atoms with Crippen LogP contribution in [0, 0.1) is 0 Å². The third kappa shape index (κ3) is 1.65. The van der Waals surface area contributed by atoms with Gasteiger partial charge in [-0.15, -0.1) is 0 Å². The molecule has 0 amide bonds. The normalized spacial score (nSPS) is 21.4. The number of nitrogens with zero attached hydrogens (tertiary/aromatic N) is 1. The molecule has 0 aromatic heterocycles. The van der Waals surface area contributed by atoms with Crippen LogP contribution in [0.15, 0.2) is 42.5 Å². The first-order valence-electron chi connectivity index (χ1n) is 7.25. The number of likely N-dealkylation sites (N-methyl/N-ethyl adjacent to an activating group) is 1. The van der Waals surface area contributed by atoms with Gasteiger partial charge in [-0.05, 0) is 54.1 Å². The van der Waals surface area contributed by atoms with Crippen molar-refractivity contribution in [2.24, 2.45) is 0 Å². The highest BCUT2D eigenvalue weighted by molar-refractivity contribution is 5.73. The molecule has 2 aliphatic rings. The summed E-state index contributed by atoms with van der Waals surface area (Å²) in [5, 5.41) is 0. The van der Waals surface area contributed by atoms with Gasteiger partial charge >= 0.3 is 0 Å². The van der Waals surface area contributed by atoms with Gasteiger partial charge in [-0.1, -0.05) is 42.5 Å². The first-order valence-corrected chi connectivity index (χ1v) is 7.25. The largest absolute Gasteiger partial charge is 0.299 e. The zero-order valence-electron chi connectivity index (χ0n) is 11.4. The van der Waals surface area contributed by atoms with Gasteiger partial charge in [0.2, 0.25) is 0 Å². The van der Waals surface area contributed by atoms with Gasteiger partial charge < -0.3 is 0 Å². The molecule has 0 radical (unpaired) electrons. The van der Waals surface area contributed by atoms with Gasteiger partial charge in [-0.2, -0.15) is 0 Å². The van der Waals surface area contributed by atoms with Gasteiger partial charge in [-0.25, -0.2) is 0 Å². The Labute approximate surface area is 114 Å². The highest BCUT2D eigenvalue weighted by Crippen LogP contribution is 2.42. The van der Waals surface area contributed by atoms with Crippen LogP contribution in [0.1, 0.15) is 29.2 Å². The van der Waals surface area contributed by atoms with Crippen LogP contribution in [0.3, 0.4) is 0 Å². The molecule has 0 N–H and O–H groups in total. The first kappa shape index (κ1) is 11.2. The smallest absolute Gasteiger partial charge is 0.0357 e. The van der Waals surface area contributed by atoms with E-state index in [-0.39, 0.29) is 0 Å². The van der Waals surface area contributed by atoms with Crippen molar-refractivity contribution in [3.63, 3.8) is 0 Å². The molecule has 96 valence electrons. The predicted molar refractivity (Wildman–Crippen MR) is 79.3 cm³/mol. The molecule has 1 heteroatoms. The summed E-state index contributed by atoms with van der Waals surface area (Å²) in [6.07, 6.45) is 3.63. The lowest BCUT2D eigenvalue weighted by Crippen LogP contribution is -2.32. The highest BCUT2D eigenvalue weighted by atomic mass is 15.1. The summed E-state index contributed by atoms with van der Waals surface area (Å²) in [6.45, 7) is 1.19. The van der Waals surface area contributed by atoms with Crippen LogP contribution in [-0.4, -0.2) is 18.5 Å². The number of hydrogen-bond donors (Lipinski definition) is 0. The summed E-state index contributed by atoms with van der Waals surface area (Å²) in [5.41, 5.74) is 7.61. The molecule has 19 heavy (non-hydrogen) atoms. The average molecular weight is 249 g/mol. The van der Waals surface area contributed by atoms with Gasteiger partial charge in [0.05, 0.1) is 0 Å². The average Bonchev–Trinajstić information content (AvgIpc) is 2.62. The Bertz CT molecular complexity index is 629. The van der Waals surface area contributed by atoms with E-state index in [1.54, 1.807) is 11.1 Å². The zero-order chi connectivity index (χ0) is 12.8. The van der Waals surface area contributed by atoms with Crippen LogP contribution >= 0.6 is 0 Å². The molecule has 0 saturated carbocycles. The van der Waals surface area contributed by atoms with Crippen molar-refractivity contribution in [2.45, 2.75) is 25.3 Å². The van der Waals surface area contributed by atoms with Crippen molar-refractivity contribution in [2.75, 3.05) is 13.6 Å². The lowest BCUT2D eigenvalue weighted by molar-refractivity contribution is 0.221. The lowest BCUT2D eigenvalue weighted by Gasteiger charge is -2.35. The Morgan fingerprint density at radius 2 is 1.68 bits per heavy atom. The third-order valence-corrected chi connectivity index (χ3v) is 4.79. The maximum atomic E-state index is 2.54. The number of aryl methyl sites for hydroxylation is 1. The molecule has 1 atom stereocenters. The van der Waals surface area contributed by atoms with Crippen molar-refractivity contribution < 1.29 is 0 Å². The second-order valence-corrected chi connectivity index (χ2v) is 5.82. The maximum Gasteiger partial charge on any atom is 0.0357 e. The molecule has 1 aliphatic carbocycles. The number of benzene rings is 2. The summed E-state index contributed by atoms with van der Waals surface area (Å²) in [6, 6.07) is 16.4. The molecule has 4 rings (SSSR count). The van der Waals surface area contributed by atoms with Crippen molar-refractivity contribution in [1.82, 2.24) is 4.90 Å². The quantitative estimate of drug-likeness (QED) is 0.686. The minimum atomic E-state index is 0.604. The van der Waals surface area contributed by atoms with E-state index < -0.39 is 0 Å².